The number of rotatable bonds is 7. The number of benzene rings is 2. The molecule has 0 saturated heterocycles. The van der Waals surface area contributed by atoms with E-state index >= 15 is 0 Å². The monoisotopic (exact) mass is 340 g/mol. The second kappa shape index (κ2) is 7.83. The third kappa shape index (κ3) is 4.18. The average molecular weight is 340 g/mol. The number of halogens is 1. The van der Waals surface area contributed by atoms with E-state index in [0.717, 1.165) is 17.5 Å². The SMILES string of the molecule is COc1ccc(CCC(=O)NCCc2c[nH]c3ccccc23)cc1F. The number of ether oxygens (including phenoxy) is 1. The van der Waals surface area contributed by atoms with Gasteiger partial charge in [-0.25, -0.2) is 4.39 Å². The van der Waals surface area contributed by atoms with Gasteiger partial charge in [0.15, 0.2) is 11.6 Å². The minimum absolute atomic E-state index is 0.0314. The molecule has 2 N–H and O–H groups in total. The van der Waals surface area contributed by atoms with Crippen molar-refractivity contribution in [1.82, 2.24) is 10.3 Å². The lowest BCUT2D eigenvalue weighted by Crippen LogP contribution is -2.25. The second-order valence-electron chi connectivity index (χ2n) is 5.93. The van der Waals surface area contributed by atoms with Gasteiger partial charge in [-0.05, 0) is 42.2 Å². The summed E-state index contributed by atoms with van der Waals surface area (Å²) in [5.74, 6) is -0.220. The molecule has 25 heavy (non-hydrogen) atoms. The largest absolute Gasteiger partial charge is 0.494 e. The predicted octanol–water partition coefficient (Wildman–Crippen LogP) is 3.61. The Balaban J connectivity index is 1.46. The first-order valence-corrected chi connectivity index (χ1v) is 8.31. The zero-order valence-electron chi connectivity index (χ0n) is 14.1. The van der Waals surface area contributed by atoms with Gasteiger partial charge in [0.1, 0.15) is 0 Å². The molecule has 5 heteroatoms. The van der Waals surface area contributed by atoms with Crippen LogP contribution < -0.4 is 10.1 Å². The van der Waals surface area contributed by atoms with Crippen LogP contribution in [0.5, 0.6) is 5.75 Å². The van der Waals surface area contributed by atoms with E-state index in [-0.39, 0.29) is 11.7 Å². The van der Waals surface area contributed by atoms with Crippen molar-refractivity contribution in [3.8, 4) is 5.75 Å². The van der Waals surface area contributed by atoms with Crippen molar-refractivity contribution < 1.29 is 13.9 Å². The van der Waals surface area contributed by atoms with Crippen molar-refractivity contribution in [2.24, 2.45) is 0 Å². The number of fused-ring (bicyclic) bond motifs is 1. The number of aryl methyl sites for hydroxylation is 1. The first kappa shape index (κ1) is 17.0. The molecule has 4 nitrogen and oxygen atoms in total. The molecule has 0 spiro atoms. The van der Waals surface area contributed by atoms with E-state index < -0.39 is 5.82 Å². The second-order valence-corrected chi connectivity index (χ2v) is 5.93. The molecule has 0 aliphatic rings. The number of aromatic nitrogens is 1. The molecule has 0 aliphatic carbocycles. The van der Waals surface area contributed by atoms with E-state index in [0.29, 0.717) is 19.4 Å². The van der Waals surface area contributed by atoms with Crippen LogP contribution in [-0.4, -0.2) is 24.5 Å². The lowest BCUT2D eigenvalue weighted by atomic mass is 10.1. The molecule has 0 fully saturated rings. The molecular formula is C20H21FN2O2. The molecule has 0 radical (unpaired) electrons. The van der Waals surface area contributed by atoms with Crippen molar-refractivity contribution in [3.05, 3.63) is 65.6 Å². The molecule has 0 aliphatic heterocycles. The Morgan fingerprint density at radius 2 is 2.04 bits per heavy atom. The first-order chi connectivity index (χ1) is 12.2. The van der Waals surface area contributed by atoms with Crippen LogP contribution in [0.2, 0.25) is 0 Å². The van der Waals surface area contributed by atoms with Crippen LogP contribution in [0.25, 0.3) is 10.9 Å². The number of H-pyrrole nitrogens is 1. The van der Waals surface area contributed by atoms with Crippen LogP contribution in [0.15, 0.2) is 48.7 Å². The molecule has 0 bridgehead atoms. The van der Waals surface area contributed by atoms with Gasteiger partial charge in [-0.1, -0.05) is 24.3 Å². The van der Waals surface area contributed by atoms with Crippen LogP contribution in [0.3, 0.4) is 0 Å². The maximum Gasteiger partial charge on any atom is 0.220 e. The normalized spacial score (nSPS) is 10.8. The van der Waals surface area contributed by atoms with E-state index in [1.54, 1.807) is 12.1 Å². The van der Waals surface area contributed by atoms with Gasteiger partial charge < -0.3 is 15.0 Å². The Labute approximate surface area is 146 Å². The maximum absolute atomic E-state index is 13.6. The molecule has 1 heterocycles. The fraction of sp³-hybridized carbons (Fsp3) is 0.250. The summed E-state index contributed by atoms with van der Waals surface area (Å²) in [4.78, 5) is 15.2. The summed E-state index contributed by atoms with van der Waals surface area (Å²) >= 11 is 0. The van der Waals surface area contributed by atoms with E-state index in [1.807, 2.05) is 24.4 Å². The van der Waals surface area contributed by atoms with Crippen molar-refractivity contribution in [1.29, 1.82) is 0 Å². The van der Waals surface area contributed by atoms with Gasteiger partial charge >= 0.3 is 0 Å². The average Bonchev–Trinajstić information content (AvgIpc) is 3.03. The van der Waals surface area contributed by atoms with Gasteiger partial charge in [-0.3, -0.25) is 4.79 Å². The number of amides is 1. The summed E-state index contributed by atoms with van der Waals surface area (Å²) in [6, 6.07) is 12.9. The van der Waals surface area contributed by atoms with Gasteiger partial charge in [0, 0.05) is 30.1 Å². The third-order valence-corrected chi connectivity index (χ3v) is 4.25. The highest BCUT2D eigenvalue weighted by molar-refractivity contribution is 5.83. The van der Waals surface area contributed by atoms with Crippen molar-refractivity contribution in [3.63, 3.8) is 0 Å². The standard InChI is InChI=1S/C20H21FN2O2/c1-25-19-8-6-14(12-17(19)21)7-9-20(24)22-11-10-15-13-23-18-5-3-2-4-16(15)18/h2-6,8,12-13,23H,7,9-11H2,1H3,(H,22,24). The molecule has 2 aromatic carbocycles. The Kier molecular flexibility index (Phi) is 5.33. The minimum Gasteiger partial charge on any atom is -0.494 e. The number of aromatic amines is 1. The highest BCUT2D eigenvalue weighted by Crippen LogP contribution is 2.19. The topological polar surface area (TPSA) is 54.1 Å². The fourth-order valence-electron chi connectivity index (χ4n) is 2.89. The van der Waals surface area contributed by atoms with Gasteiger partial charge in [-0.15, -0.1) is 0 Å². The molecule has 0 atom stereocenters. The van der Waals surface area contributed by atoms with Crippen molar-refractivity contribution in [2.45, 2.75) is 19.3 Å². The number of carbonyl (C=O) groups excluding carboxylic acids is 1. The lowest BCUT2D eigenvalue weighted by molar-refractivity contribution is -0.121. The smallest absolute Gasteiger partial charge is 0.220 e. The van der Waals surface area contributed by atoms with E-state index in [1.165, 1.54) is 24.1 Å². The summed E-state index contributed by atoms with van der Waals surface area (Å²) < 4.78 is 18.5. The van der Waals surface area contributed by atoms with E-state index in [9.17, 15) is 9.18 Å². The molecule has 0 unspecified atom stereocenters. The summed E-state index contributed by atoms with van der Waals surface area (Å²) in [7, 11) is 1.43. The van der Waals surface area contributed by atoms with E-state index in [4.69, 9.17) is 4.74 Å². The van der Waals surface area contributed by atoms with Gasteiger partial charge in [-0.2, -0.15) is 0 Å². The number of carbonyl (C=O) groups is 1. The third-order valence-electron chi connectivity index (χ3n) is 4.25. The minimum atomic E-state index is -0.403. The zero-order chi connectivity index (χ0) is 17.6. The summed E-state index contributed by atoms with van der Waals surface area (Å²) in [5.41, 5.74) is 3.07. The molecule has 1 aromatic heterocycles. The van der Waals surface area contributed by atoms with Crippen LogP contribution in [-0.2, 0) is 17.6 Å². The maximum atomic E-state index is 13.6. The fourth-order valence-corrected chi connectivity index (χ4v) is 2.89. The first-order valence-electron chi connectivity index (χ1n) is 8.31. The molecule has 1 amide bonds. The zero-order valence-corrected chi connectivity index (χ0v) is 14.1. The Morgan fingerprint density at radius 3 is 2.84 bits per heavy atom. The molecule has 3 aromatic rings. The Hall–Kier alpha value is -2.82. The number of hydrogen-bond acceptors (Lipinski definition) is 2. The molecule has 3 rings (SSSR count). The van der Waals surface area contributed by atoms with Gasteiger partial charge in [0.05, 0.1) is 7.11 Å². The number of hydrogen-bond donors (Lipinski definition) is 2. The quantitative estimate of drug-likeness (QED) is 0.690. The van der Waals surface area contributed by atoms with Gasteiger partial charge in [0.2, 0.25) is 5.91 Å². The highest BCUT2D eigenvalue weighted by Gasteiger charge is 2.07. The summed E-state index contributed by atoms with van der Waals surface area (Å²) in [5, 5.41) is 4.11. The van der Waals surface area contributed by atoms with Gasteiger partial charge in [0.25, 0.3) is 0 Å². The van der Waals surface area contributed by atoms with Crippen molar-refractivity contribution in [2.75, 3.05) is 13.7 Å². The lowest BCUT2D eigenvalue weighted by Gasteiger charge is -2.07. The summed E-state index contributed by atoms with van der Waals surface area (Å²) in [6.07, 6.45) is 3.59. The number of methoxy groups -OCH3 is 1. The molecule has 0 saturated carbocycles. The number of nitrogens with one attached hydrogen (secondary N) is 2. The number of para-hydroxylation sites is 1. The van der Waals surface area contributed by atoms with Crippen LogP contribution in [0.4, 0.5) is 4.39 Å². The van der Waals surface area contributed by atoms with Crippen LogP contribution >= 0.6 is 0 Å². The molecular weight excluding hydrogens is 319 g/mol. The molecule has 130 valence electrons. The van der Waals surface area contributed by atoms with E-state index in [2.05, 4.69) is 16.4 Å². The van der Waals surface area contributed by atoms with Crippen LogP contribution in [0, 0.1) is 5.82 Å². The Bertz CT molecular complexity index is 873. The summed E-state index contributed by atoms with van der Waals surface area (Å²) in [6.45, 7) is 0.581. The predicted molar refractivity (Wildman–Crippen MR) is 96.3 cm³/mol. The van der Waals surface area contributed by atoms with Crippen LogP contribution in [0.1, 0.15) is 17.5 Å². The Morgan fingerprint density at radius 1 is 1.20 bits per heavy atom. The highest BCUT2D eigenvalue weighted by atomic mass is 19.1. The van der Waals surface area contributed by atoms with Crippen molar-refractivity contribution >= 4 is 16.8 Å².